The first kappa shape index (κ1) is 21.4. The summed E-state index contributed by atoms with van der Waals surface area (Å²) in [6.45, 7) is 3.80. The van der Waals surface area contributed by atoms with E-state index in [0.717, 1.165) is 62.5 Å². The van der Waals surface area contributed by atoms with Gasteiger partial charge in [0.1, 0.15) is 6.61 Å². The van der Waals surface area contributed by atoms with E-state index >= 15 is 0 Å². The van der Waals surface area contributed by atoms with Crippen molar-refractivity contribution in [1.29, 1.82) is 0 Å². The lowest BCUT2D eigenvalue weighted by Gasteiger charge is -2.46. The summed E-state index contributed by atoms with van der Waals surface area (Å²) in [5.74, 6) is 0.0857. The summed E-state index contributed by atoms with van der Waals surface area (Å²) in [5.41, 5.74) is 1.22. The molecule has 1 unspecified atom stereocenters. The largest absolute Gasteiger partial charge is 0.375 e. The summed E-state index contributed by atoms with van der Waals surface area (Å²) in [5, 5.41) is 5.39. The number of nitrogens with zero attached hydrogens (tertiary/aromatic N) is 4. The average Bonchev–Trinajstić information content (AvgIpc) is 3.47. The molecule has 0 N–H and O–H groups in total. The smallest absolute Gasteiger partial charge is 0.275 e. The molecule has 8 heteroatoms. The van der Waals surface area contributed by atoms with Crippen molar-refractivity contribution in [1.82, 2.24) is 19.6 Å². The van der Waals surface area contributed by atoms with E-state index in [9.17, 15) is 9.59 Å². The first-order valence-electron chi connectivity index (χ1n) is 11.8. The zero-order valence-electron chi connectivity index (χ0n) is 18.8. The number of carbonyl (C=O) groups excluding carboxylic acids is 2. The standard InChI is InChI=1S/C24H32N4O4/c1-26-20-7-3-2-6-19(20)22(25-26)23(30)28-13-9-24(10-14-28)16-18(8-15-32-24)31-17-21(29)27-11-4-5-12-27/h2-3,6-7,18H,4-5,8-17H2,1H3. The fraction of sp³-hybridized carbons (Fsp3) is 0.625. The molecule has 2 aromatic rings. The minimum absolute atomic E-state index is 0.0172. The van der Waals surface area contributed by atoms with E-state index in [1.807, 2.05) is 41.1 Å². The van der Waals surface area contributed by atoms with Crippen molar-refractivity contribution in [2.24, 2.45) is 7.05 Å². The molecule has 0 radical (unpaired) electrons. The van der Waals surface area contributed by atoms with Crippen molar-refractivity contribution < 1.29 is 19.1 Å². The van der Waals surface area contributed by atoms with Gasteiger partial charge in [-0.2, -0.15) is 5.10 Å². The van der Waals surface area contributed by atoms with Gasteiger partial charge >= 0.3 is 0 Å². The third kappa shape index (κ3) is 4.13. The Bertz CT molecular complexity index is 989. The van der Waals surface area contributed by atoms with Gasteiger partial charge in [0, 0.05) is 51.6 Å². The first-order chi connectivity index (χ1) is 15.5. The highest BCUT2D eigenvalue weighted by atomic mass is 16.5. The minimum Gasteiger partial charge on any atom is -0.375 e. The van der Waals surface area contributed by atoms with Gasteiger partial charge in [-0.1, -0.05) is 18.2 Å². The van der Waals surface area contributed by atoms with Crippen molar-refractivity contribution in [3.8, 4) is 0 Å². The van der Waals surface area contributed by atoms with Crippen LogP contribution in [0.3, 0.4) is 0 Å². The summed E-state index contributed by atoms with van der Waals surface area (Å²) < 4.78 is 14.0. The van der Waals surface area contributed by atoms with Gasteiger partial charge in [-0.25, -0.2) is 0 Å². The number of para-hydroxylation sites is 1. The van der Waals surface area contributed by atoms with Gasteiger partial charge in [0.15, 0.2) is 5.69 Å². The molecule has 3 fully saturated rings. The highest BCUT2D eigenvalue weighted by Crippen LogP contribution is 2.36. The van der Waals surface area contributed by atoms with E-state index in [4.69, 9.17) is 9.47 Å². The molecule has 1 spiro atoms. The lowest BCUT2D eigenvalue weighted by Crippen LogP contribution is -2.52. The van der Waals surface area contributed by atoms with Crippen LogP contribution in [0.15, 0.2) is 24.3 Å². The maximum absolute atomic E-state index is 13.2. The number of amides is 2. The van der Waals surface area contributed by atoms with Gasteiger partial charge in [0.25, 0.3) is 5.91 Å². The number of hydrogen-bond donors (Lipinski definition) is 0. The molecule has 4 heterocycles. The van der Waals surface area contributed by atoms with Crippen LogP contribution in [0, 0.1) is 0 Å². The van der Waals surface area contributed by atoms with Crippen molar-refractivity contribution >= 4 is 22.7 Å². The van der Waals surface area contributed by atoms with E-state index in [2.05, 4.69) is 5.10 Å². The Morgan fingerprint density at radius 1 is 1.12 bits per heavy atom. The number of fused-ring (bicyclic) bond motifs is 1. The Morgan fingerprint density at radius 3 is 2.66 bits per heavy atom. The summed E-state index contributed by atoms with van der Waals surface area (Å²) in [6.07, 6.45) is 5.39. The van der Waals surface area contributed by atoms with Crippen LogP contribution in [0.2, 0.25) is 0 Å². The average molecular weight is 441 g/mol. The highest BCUT2D eigenvalue weighted by molar-refractivity contribution is 6.04. The van der Waals surface area contributed by atoms with Crippen LogP contribution >= 0.6 is 0 Å². The number of aryl methyl sites for hydroxylation is 1. The second-order valence-electron chi connectivity index (χ2n) is 9.33. The third-order valence-electron chi connectivity index (χ3n) is 7.27. The molecule has 0 bridgehead atoms. The van der Waals surface area contributed by atoms with Crippen molar-refractivity contribution in [3.63, 3.8) is 0 Å². The number of carbonyl (C=O) groups is 2. The van der Waals surface area contributed by atoms with Gasteiger partial charge in [-0.15, -0.1) is 0 Å². The van der Waals surface area contributed by atoms with Crippen molar-refractivity contribution in [2.75, 3.05) is 39.4 Å². The number of likely N-dealkylation sites (tertiary alicyclic amines) is 2. The Hall–Kier alpha value is -2.45. The monoisotopic (exact) mass is 440 g/mol. The molecule has 0 saturated carbocycles. The SMILES string of the molecule is Cn1nc(C(=O)N2CCC3(CC2)CC(OCC(=O)N2CCCC2)CCO3)c2ccccc21. The number of rotatable bonds is 4. The van der Waals surface area contributed by atoms with Crippen LogP contribution < -0.4 is 0 Å². The Kier molecular flexibility index (Phi) is 5.90. The molecule has 3 aliphatic heterocycles. The molecular weight excluding hydrogens is 408 g/mol. The van der Waals surface area contributed by atoms with E-state index < -0.39 is 0 Å². The molecule has 5 rings (SSSR count). The zero-order valence-corrected chi connectivity index (χ0v) is 18.8. The number of hydrogen-bond acceptors (Lipinski definition) is 5. The molecule has 1 atom stereocenters. The van der Waals surface area contributed by atoms with Crippen molar-refractivity contribution in [3.05, 3.63) is 30.0 Å². The lowest BCUT2D eigenvalue weighted by molar-refractivity contribution is -0.161. The molecule has 32 heavy (non-hydrogen) atoms. The third-order valence-corrected chi connectivity index (χ3v) is 7.27. The maximum Gasteiger partial charge on any atom is 0.275 e. The molecule has 1 aromatic heterocycles. The van der Waals surface area contributed by atoms with Crippen LogP contribution in [0.1, 0.15) is 49.0 Å². The first-order valence-corrected chi connectivity index (χ1v) is 11.8. The Morgan fingerprint density at radius 2 is 1.88 bits per heavy atom. The normalized spacial score (nSPS) is 23.2. The predicted octanol–water partition coefficient (Wildman–Crippen LogP) is 2.37. The van der Waals surface area contributed by atoms with E-state index in [-0.39, 0.29) is 30.1 Å². The zero-order chi connectivity index (χ0) is 22.1. The van der Waals surface area contributed by atoms with Crippen LogP contribution in [-0.2, 0) is 21.3 Å². The molecule has 172 valence electrons. The summed E-state index contributed by atoms with van der Waals surface area (Å²) in [4.78, 5) is 29.3. The van der Waals surface area contributed by atoms with E-state index in [0.29, 0.717) is 25.4 Å². The van der Waals surface area contributed by atoms with Crippen LogP contribution in [0.25, 0.3) is 10.9 Å². The number of ether oxygens (including phenoxy) is 2. The van der Waals surface area contributed by atoms with Crippen LogP contribution in [-0.4, -0.2) is 82.5 Å². The quantitative estimate of drug-likeness (QED) is 0.730. The molecule has 3 aliphatic rings. The minimum atomic E-state index is -0.261. The van der Waals surface area contributed by atoms with Gasteiger partial charge in [-0.3, -0.25) is 14.3 Å². The van der Waals surface area contributed by atoms with Gasteiger partial charge < -0.3 is 19.3 Å². The molecule has 0 aliphatic carbocycles. The second-order valence-corrected chi connectivity index (χ2v) is 9.33. The van der Waals surface area contributed by atoms with Crippen LogP contribution in [0.5, 0.6) is 0 Å². The fourth-order valence-corrected chi connectivity index (χ4v) is 5.36. The molecule has 2 amide bonds. The molecule has 1 aromatic carbocycles. The van der Waals surface area contributed by atoms with E-state index in [1.54, 1.807) is 4.68 Å². The fourth-order valence-electron chi connectivity index (χ4n) is 5.36. The van der Waals surface area contributed by atoms with Crippen molar-refractivity contribution in [2.45, 2.75) is 50.2 Å². The van der Waals surface area contributed by atoms with E-state index in [1.165, 1.54) is 0 Å². The topological polar surface area (TPSA) is 76.9 Å². The van der Waals surface area contributed by atoms with Gasteiger partial charge in [-0.05, 0) is 38.2 Å². The van der Waals surface area contributed by atoms with Gasteiger partial charge in [0.2, 0.25) is 5.91 Å². The Balaban J connectivity index is 1.18. The maximum atomic E-state index is 13.2. The highest BCUT2D eigenvalue weighted by Gasteiger charge is 2.42. The second kappa shape index (κ2) is 8.83. The molecule has 3 saturated heterocycles. The summed E-state index contributed by atoms with van der Waals surface area (Å²) in [6, 6.07) is 7.84. The number of benzene rings is 1. The van der Waals surface area contributed by atoms with Crippen LogP contribution in [0.4, 0.5) is 0 Å². The molecular formula is C24H32N4O4. The number of aromatic nitrogens is 2. The lowest BCUT2D eigenvalue weighted by atomic mass is 9.83. The predicted molar refractivity (Wildman–Crippen MR) is 119 cm³/mol. The molecule has 8 nitrogen and oxygen atoms in total. The van der Waals surface area contributed by atoms with Gasteiger partial charge in [0.05, 0.1) is 17.2 Å². The Labute approximate surface area is 188 Å². The summed E-state index contributed by atoms with van der Waals surface area (Å²) in [7, 11) is 1.87. The number of piperidine rings is 1. The summed E-state index contributed by atoms with van der Waals surface area (Å²) >= 11 is 0.